The van der Waals surface area contributed by atoms with E-state index >= 15 is 0 Å². The zero-order valence-electron chi connectivity index (χ0n) is 12.2. The lowest BCUT2D eigenvalue weighted by Gasteiger charge is -2.16. The number of aryl methyl sites for hydroxylation is 1. The Balaban J connectivity index is 2.48. The van der Waals surface area contributed by atoms with Crippen LogP contribution >= 0.6 is 11.6 Å². The third-order valence-corrected chi connectivity index (χ3v) is 3.51. The Labute approximate surface area is 131 Å². The van der Waals surface area contributed by atoms with E-state index in [0.717, 1.165) is 0 Å². The Morgan fingerprint density at radius 2 is 1.91 bits per heavy atom. The number of phenols is 1. The predicted octanol–water partition coefficient (Wildman–Crippen LogP) is 0.921. The standard InChI is InChI=1S/C14H14ClN3O4/c1-6-4-5-7(14(22)18(2)3)11(19)9(6)16-10-8(15)12(20)17-13(10)21/h4-5,19H,1-3H3,(H2,16,17,20,21). The number of halogens is 1. The summed E-state index contributed by atoms with van der Waals surface area (Å²) >= 11 is 5.76. The van der Waals surface area contributed by atoms with Gasteiger partial charge in [0.2, 0.25) is 0 Å². The Bertz CT molecular complexity index is 725. The van der Waals surface area contributed by atoms with Gasteiger partial charge in [-0.25, -0.2) is 0 Å². The third kappa shape index (κ3) is 2.62. The van der Waals surface area contributed by atoms with Crippen molar-refractivity contribution in [3.63, 3.8) is 0 Å². The summed E-state index contributed by atoms with van der Waals surface area (Å²) in [6, 6.07) is 3.09. The number of carbonyl (C=O) groups excluding carboxylic acids is 3. The number of nitrogens with zero attached hydrogens (tertiary/aromatic N) is 1. The lowest BCUT2D eigenvalue weighted by molar-refractivity contribution is -0.123. The number of nitrogens with one attached hydrogen (secondary N) is 2. The SMILES string of the molecule is Cc1ccc(C(=O)N(C)C)c(O)c1NC1=C(Cl)C(=O)NC1=O. The van der Waals surface area contributed by atoms with Gasteiger partial charge in [0.25, 0.3) is 17.7 Å². The first kappa shape index (κ1) is 15.8. The molecule has 1 heterocycles. The first-order valence-electron chi connectivity index (χ1n) is 6.30. The fourth-order valence-electron chi connectivity index (χ4n) is 1.93. The smallest absolute Gasteiger partial charge is 0.276 e. The molecule has 0 aliphatic carbocycles. The Morgan fingerprint density at radius 3 is 2.41 bits per heavy atom. The number of rotatable bonds is 3. The first-order valence-corrected chi connectivity index (χ1v) is 6.68. The van der Waals surface area contributed by atoms with E-state index in [-0.39, 0.29) is 27.7 Å². The van der Waals surface area contributed by atoms with Gasteiger partial charge in [-0.05, 0) is 18.6 Å². The fraction of sp³-hybridized carbons (Fsp3) is 0.214. The zero-order chi connectivity index (χ0) is 16.6. The van der Waals surface area contributed by atoms with Crippen LogP contribution in [-0.4, -0.2) is 41.8 Å². The van der Waals surface area contributed by atoms with E-state index in [1.54, 1.807) is 27.1 Å². The van der Waals surface area contributed by atoms with Crippen LogP contribution in [0.5, 0.6) is 5.75 Å². The molecule has 0 bridgehead atoms. The quantitative estimate of drug-likeness (QED) is 0.567. The van der Waals surface area contributed by atoms with Gasteiger partial charge in [-0.2, -0.15) is 0 Å². The summed E-state index contributed by atoms with van der Waals surface area (Å²) in [6.45, 7) is 1.68. The lowest BCUT2D eigenvalue weighted by atomic mass is 10.1. The van der Waals surface area contributed by atoms with Crippen molar-refractivity contribution in [2.75, 3.05) is 19.4 Å². The highest BCUT2D eigenvalue weighted by Gasteiger charge is 2.30. The zero-order valence-corrected chi connectivity index (χ0v) is 12.9. The molecule has 1 aromatic rings. The first-order chi connectivity index (χ1) is 10.2. The van der Waals surface area contributed by atoms with Crippen molar-refractivity contribution in [1.29, 1.82) is 0 Å². The number of phenolic OH excluding ortho intramolecular Hbond substituents is 1. The highest BCUT2D eigenvalue weighted by Crippen LogP contribution is 2.34. The summed E-state index contributed by atoms with van der Waals surface area (Å²) in [5.74, 6) is -2.12. The van der Waals surface area contributed by atoms with Gasteiger partial charge >= 0.3 is 0 Å². The molecule has 3 N–H and O–H groups in total. The number of imide groups is 1. The second-order valence-corrected chi connectivity index (χ2v) is 5.33. The maximum atomic E-state index is 12.0. The summed E-state index contributed by atoms with van der Waals surface area (Å²) in [4.78, 5) is 36.3. The average molecular weight is 324 g/mol. The van der Waals surface area contributed by atoms with Crippen LogP contribution in [-0.2, 0) is 9.59 Å². The van der Waals surface area contributed by atoms with E-state index in [1.165, 1.54) is 11.0 Å². The van der Waals surface area contributed by atoms with Crippen molar-refractivity contribution < 1.29 is 19.5 Å². The van der Waals surface area contributed by atoms with Gasteiger partial charge < -0.3 is 15.3 Å². The van der Waals surface area contributed by atoms with Crippen LogP contribution in [0, 0.1) is 6.92 Å². The Kier molecular flexibility index (Phi) is 4.09. The van der Waals surface area contributed by atoms with Gasteiger partial charge in [0.15, 0.2) is 5.75 Å². The minimum Gasteiger partial charge on any atom is -0.505 e. The highest BCUT2D eigenvalue weighted by atomic mass is 35.5. The molecule has 1 aromatic carbocycles. The largest absolute Gasteiger partial charge is 0.505 e. The second kappa shape index (κ2) is 5.69. The van der Waals surface area contributed by atoms with Crippen molar-refractivity contribution in [3.05, 3.63) is 34.0 Å². The molecule has 0 unspecified atom stereocenters. The predicted molar refractivity (Wildman–Crippen MR) is 80.5 cm³/mol. The Morgan fingerprint density at radius 1 is 1.27 bits per heavy atom. The molecule has 8 heteroatoms. The molecule has 1 aliphatic heterocycles. The molecule has 22 heavy (non-hydrogen) atoms. The minimum atomic E-state index is -0.716. The molecule has 1 aliphatic rings. The molecule has 0 saturated heterocycles. The van der Waals surface area contributed by atoms with Gasteiger partial charge in [0.1, 0.15) is 10.7 Å². The van der Waals surface area contributed by atoms with Gasteiger partial charge in [-0.15, -0.1) is 0 Å². The molecule has 116 valence electrons. The van der Waals surface area contributed by atoms with Crippen molar-refractivity contribution in [2.24, 2.45) is 0 Å². The highest BCUT2D eigenvalue weighted by molar-refractivity contribution is 6.48. The van der Waals surface area contributed by atoms with Crippen LogP contribution < -0.4 is 10.6 Å². The van der Waals surface area contributed by atoms with Crippen molar-refractivity contribution in [2.45, 2.75) is 6.92 Å². The summed E-state index contributed by atoms with van der Waals surface area (Å²) in [6.07, 6.45) is 0. The molecular weight excluding hydrogens is 310 g/mol. The monoisotopic (exact) mass is 323 g/mol. The number of benzene rings is 1. The molecule has 0 aromatic heterocycles. The molecule has 0 radical (unpaired) electrons. The molecule has 0 saturated carbocycles. The molecule has 3 amide bonds. The van der Waals surface area contributed by atoms with Gasteiger partial charge in [-0.1, -0.05) is 17.7 Å². The number of aromatic hydroxyl groups is 1. The average Bonchev–Trinajstić information content (AvgIpc) is 2.68. The number of carbonyl (C=O) groups is 3. The molecule has 0 spiro atoms. The van der Waals surface area contributed by atoms with E-state index in [1.807, 2.05) is 5.32 Å². The van der Waals surface area contributed by atoms with Crippen LogP contribution in [0.15, 0.2) is 22.9 Å². The van der Waals surface area contributed by atoms with Crippen molar-refractivity contribution in [3.8, 4) is 5.75 Å². The Hall–Kier alpha value is -2.54. The summed E-state index contributed by atoms with van der Waals surface area (Å²) in [5.41, 5.74) is 0.627. The van der Waals surface area contributed by atoms with Gasteiger partial charge in [0.05, 0.1) is 11.3 Å². The van der Waals surface area contributed by atoms with Crippen LogP contribution in [0.2, 0.25) is 0 Å². The number of anilines is 1. The van der Waals surface area contributed by atoms with Crippen molar-refractivity contribution in [1.82, 2.24) is 10.2 Å². The molecule has 0 fully saturated rings. The van der Waals surface area contributed by atoms with Crippen LogP contribution in [0.25, 0.3) is 0 Å². The van der Waals surface area contributed by atoms with E-state index in [9.17, 15) is 19.5 Å². The summed E-state index contributed by atoms with van der Waals surface area (Å²) in [7, 11) is 3.11. The number of amides is 3. The maximum Gasteiger partial charge on any atom is 0.276 e. The molecule has 2 rings (SSSR count). The lowest BCUT2D eigenvalue weighted by Crippen LogP contribution is -2.24. The van der Waals surface area contributed by atoms with E-state index < -0.39 is 17.7 Å². The van der Waals surface area contributed by atoms with Gasteiger partial charge in [-0.3, -0.25) is 19.7 Å². The third-order valence-electron chi connectivity index (χ3n) is 3.15. The number of hydrogen-bond acceptors (Lipinski definition) is 5. The van der Waals surface area contributed by atoms with Crippen LogP contribution in [0.3, 0.4) is 0 Å². The summed E-state index contributed by atoms with van der Waals surface area (Å²) < 4.78 is 0. The van der Waals surface area contributed by atoms with E-state index in [2.05, 4.69) is 5.32 Å². The minimum absolute atomic E-state index is 0.0690. The molecule has 7 nitrogen and oxygen atoms in total. The van der Waals surface area contributed by atoms with Crippen molar-refractivity contribution >= 4 is 35.0 Å². The summed E-state index contributed by atoms with van der Waals surface area (Å²) in [5, 5.41) is 14.7. The van der Waals surface area contributed by atoms with Crippen LogP contribution in [0.1, 0.15) is 15.9 Å². The van der Waals surface area contributed by atoms with Gasteiger partial charge in [0, 0.05) is 14.1 Å². The topological polar surface area (TPSA) is 98.7 Å². The molecular formula is C14H14ClN3O4. The van der Waals surface area contributed by atoms with Crippen LogP contribution in [0.4, 0.5) is 5.69 Å². The fourth-order valence-corrected chi connectivity index (χ4v) is 2.11. The molecule has 0 atom stereocenters. The van der Waals surface area contributed by atoms with E-state index in [0.29, 0.717) is 5.56 Å². The van der Waals surface area contributed by atoms with E-state index in [4.69, 9.17) is 11.6 Å². The maximum absolute atomic E-state index is 12.0. The normalized spacial score (nSPS) is 14.2. The second-order valence-electron chi connectivity index (χ2n) is 4.95. The number of hydrogen-bond donors (Lipinski definition) is 3.